The van der Waals surface area contributed by atoms with E-state index in [0.29, 0.717) is 12.8 Å². The summed E-state index contributed by atoms with van der Waals surface area (Å²) in [4.78, 5) is 21.1. The van der Waals surface area contributed by atoms with Gasteiger partial charge in [-0.3, -0.25) is 9.59 Å². The van der Waals surface area contributed by atoms with Gasteiger partial charge in [-0.15, -0.1) is 0 Å². The Hall–Kier alpha value is -0.0603. The molecule has 0 heterocycles. The fraction of sp³-hybridized carbons (Fsp3) is 0.500. The smallest absolute Gasteiger partial charge is 0.311 e. The molecule has 0 aromatic carbocycles. The van der Waals surface area contributed by atoms with Crippen LogP contribution in [0.25, 0.3) is 0 Å². The molecule has 13 heavy (non-hydrogen) atoms. The zero-order valence-electron chi connectivity index (χ0n) is 7.14. The Bertz CT molecular complexity index is 236. The summed E-state index contributed by atoms with van der Waals surface area (Å²) in [5.41, 5.74) is 0. The maximum Gasteiger partial charge on any atom is 0.311 e. The Morgan fingerprint density at radius 3 is 2.23 bits per heavy atom. The third-order valence-electron chi connectivity index (χ3n) is 2.02. The van der Waals surface area contributed by atoms with E-state index < -0.39 is 23.8 Å². The number of hydrogen-bond acceptors (Lipinski definition) is 2. The summed E-state index contributed by atoms with van der Waals surface area (Å²) < 4.78 is 0. The second kappa shape index (κ2) is 5.62. The van der Waals surface area contributed by atoms with E-state index >= 15 is 0 Å². The summed E-state index contributed by atoms with van der Waals surface area (Å²) in [6.07, 6.45) is 4.26. The van der Waals surface area contributed by atoms with E-state index in [0.717, 1.165) is 0 Å². The van der Waals surface area contributed by atoms with Crippen LogP contribution in [-0.2, 0) is 9.59 Å². The van der Waals surface area contributed by atoms with Crippen LogP contribution in [0.3, 0.4) is 0 Å². The SMILES string of the molecule is O=C(O)C1C=CCCC1C(=O)O.[Ca]. The van der Waals surface area contributed by atoms with Crippen molar-refractivity contribution in [3.05, 3.63) is 12.2 Å². The van der Waals surface area contributed by atoms with E-state index in [9.17, 15) is 9.59 Å². The van der Waals surface area contributed by atoms with E-state index in [2.05, 4.69) is 0 Å². The maximum atomic E-state index is 10.6. The molecule has 0 saturated carbocycles. The Kier molecular flexibility index (Phi) is 5.60. The number of allylic oxidation sites excluding steroid dienone is 1. The van der Waals surface area contributed by atoms with Crippen LogP contribution in [-0.4, -0.2) is 59.9 Å². The molecule has 0 aliphatic heterocycles. The summed E-state index contributed by atoms with van der Waals surface area (Å²) in [7, 11) is 0. The van der Waals surface area contributed by atoms with Gasteiger partial charge in [0, 0.05) is 37.7 Å². The van der Waals surface area contributed by atoms with Gasteiger partial charge >= 0.3 is 11.9 Å². The minimum Gasteiger partial charge on any atom is -0.481 e. The first-order valence-corrected chi connectivity index (χ1v) is 3.75. The van der Waals surface area contributed by atoms with Crippen LogP contribution >= 0.6 is 0 Å². The number of carboxylic acid groups (broad SMARTS) is 2. The van der Waals surface area contributed by atoms with Crippen molar-refractivity contribution >= 4 is 49.7 Å². The molecule has 0 aromatic rings. The molecule has 0 amide bonds. The van der Waals surface area contributed by atoms with Gasteiger partial charge < -0.3 is 10.2 Å². The third kappa shape index (κ3) is 3.29. The molecule has 0 saturated heterocycles. The Labute approximate surface area is 106 Å². The molecule has 0 aromatic heterocycles. The molecule has 5 heteroatoms. The summed E-state index contributed by atoms with van der Waals surface area (Å²) in [5, 5.41) is 17.3. The number of carboxylic acids is 2. The van der Waals surface area contributed by atoms with Gasteiger partial charge in [-0.2, -0.15) is 0 Å². The quantitative estimate of drug-likeness (QED) is 0.509. The molecule has 2 unspecified atom stereocenters. The summed E-state index contributed by atoms with van der Waals surface area (Å²) in [5.74, 6) is -3.69. The van der Waals surface area contributed by atoms with Crippen LogP contribution in [0.2, 0.25) is 0 Å². The van der Waals surface area contributed by atoms with Crippen molar-refractivity contribution in [3.63, 3.8) is 0 Å². The third-order valence-corrected chi connectivity index (χ3v) is 2.02. The largest absolute Gasteiger partial charge is 0.481 e. The number of aliphatic carboxylic acids is 2. The van der Waals surface area contributed by atoms with Crippen LogP contribution in [0.4, 0.5) is 0 Å². The van der Waals surface area contributed by atoms with Crippen LogP contribution < -0.4 is 0 Å². The van der Waals surface area contributed by atoms with E-state index in [1.165, 1.54) is 6.08 Å². The van der Waals surface area contributed by atoms with E-state index in [1.54, 1.807) is 6.08 Å². The van der Waals surface area contributed by atoms with E-state index in [-0.39, 0.29) is 37.7 Å². The summed E-state index contributed by atoms with van der Waals surface area (Å²) in [6.45, 7) is 0. The number of rotatable bonds is 2. The minimum atomic E-state index is -1.06. The van der Waals surface area contributed by atoms with E-state index in [1.807, 2.05) is 0 Å². The van der Waals surface area contributed by atoms with Crippen molar-refractivity contribution in [2.45, 2.75) is 12.8 Å². The molecular formula is C8H10CaO4. The zero-order chi connectivity index (χ0) is 9.14. The first-order valence-electron chi connectivity index (χ1n) is 3.75. The van der Waals surface area contributed by atoms with Gasteiger partial charge in [0.15, 0.2) is 0 Å². The molecular weight excluding hydrogens is 200 g/mol. The second-order valence-corrected chi connectivity index (χ2v) is 2.81. The fourth-order valence-corrected chi connectivity index (χ4v) is 1.36. The molecule has 2 N–H and O–H groups in total. The predicted molar refractivity (Wildman–Crippen MR) is 46.4 cm³/mol. The Morgan fingerprint density at radius 2 is 1.85 bits per heavy atom. The van der Waals surface area contributed by atoms with Crippen LogP contribution in [0.1, 0.15) is 12.8 Å². The molecule has 2 radical (unpaired) electrons. The summed E-state index contributed by atoms with van der Waals surface area (Å²) in [6, 6.07) is 0. The van der Waals surface area contributed by atoms with Crippen molar-refractivity contribution < 1.29 is 19.8 Å². The standard InChI is InChI=1S/C8H10O4.Ca/c9-7(10)5-3-1-2-4-6(5)8(11)12;/h1,3,5-6H,2,4H2,(H,9,10)(H,11,12);. The van der Waals surface area contributed by atoms with Gasteiger partial charge in [0.2, 0.25) is 0 Å². The molecule has 0 fully saturated rings. The molecule has 0 spiro atoms. The minimum absolute atomic E-state index is 0. The van der Waals surface area contributed by atoms with Gasteiger partial charge in [0.25, 0.3) is 0 Å². The number of hydrogen-bond donors (Lipinski definition) is 2. The molecule has 68 valence electrons. The second-order valence-electron chi connectivity index (χ2n) is 2.81. The first-order chi connectivity index (χ1) is 5.63. The van der Waals surface area contributed by atoms with Crippen molar-refractivity contribution in [3.8, 4) is 0 Å². The Morgan fingerprint density at radius 1 is 1.23 bits per heavy atom. The monoisotopic (exact) mass is 210 g/mol. The van der Waals surface area contributed by atoms with E-state index in [4.69, 9.17) is 10.2 Å². The Balaban J connectivity index is 0.00000144. The van der Waals surface area contributed by atoms with Crippen LogP contribution in [0, 0.1) is 11.8 Å². The van der Waals surface area contributed by atoms with Crippen molar-refractivity contribution in [2.75, 3.05) is 0 Å². The van der Waals surface area contributed by atoms with Crippen LogP contribution in [0.15, 0.2) is 12.2 Å². The van der Waals surface area contributed by atoms with Gasteiger partial charge in [0.05, 0.1) is 11.8 Å². The molecule has 1 aliphatic carbocycles. The van der Waals surface area contributed by atoms with Gasteiger partial charge in [-0.05, 0) is 12.8 Å². The zero-order valence-corrected chi connectivity index (χ0v) is 9.35. The molecule has 1 aliphatic rings. The van der Waals surface area contributed by atoms with Gasteiger partial charge in [-0.25, -0.2) is 0 Å². The molecule has 0 bridgehead atoms. The average Bonchev–Trinajstić information content (AvgIpc) is 2.04. The maximum absolute atomic E-state index is 10.6. The van der Waals surface area contributed by atoms with Crippen LogP contribution in [0.5, 0.6) is 0 Å². The summed E-state index contributed by atoms with van der Waals surface area (Å²) >= 11 is 0. The molecule has 1 rings (SSSR count). The topological polar surface area (TPSA) is 74.6 Å². The van der Waals surface area contributed by atoms with Crippen molar-refractivity contribution in [1.29, 1.82) is 0 Å². The first kappa shape index (κ1) is 12.9. The average molecular weight is 210 g/mol. The van der Waals surface area contributed by atoms with Crippen molar-refractivity contribution in [2.24, 2.45) is 11.8 Å². The normalized spacial score (nSPS) is 26.2. The predicted octanol–water partition coefficient (Wildman–Crippen LogP) is 0.357. The molecule has 4 nitrogen and oxygen atoms in total. The van der Waals surface area contributed by atoms with Crippen molar-refractivity contribution in [1.82, 2.24) is 0 Å². The van der Waals surface area contributed by atoms with Gasteiger partial charge in [0.1, 0.15) is 0 Å². The number of carbonyl (C=O) groups is 2. The van der Waals surface area contributed by atoms with Gasteiger partial charge in [-0.1, -0.05) is 12.2 Å². The molecule has 2 atom stereocenters. The fourth-order valence-electron chi connectivity index (χ4n) is 1.36.